The predicted octanol–water partition coefficient (Wildman–Crippen LogP) is 3.14. The molecule has 0 unspecified atom stereocenters. The standard InChI is InChI=1S/C17H19F3N2O3/c18-17(19,20)25-13-8-6-12(7-9-13)22-15(23)10-14(16(22)24)21-11-4-2-1-3-5-11/h6-9,11,14,21H,1-5,10H2/t14-/m1/s1. The lowest BCUT2D eigenvalue weighted by molar-refractivity contribution is -0.274. The van der Waals surface area contributed by atoms with Crippen molar-refractivity contribution in [3.8, 4) is 5.75 Å². The van der Waals surface area contributed by atoms with E-state index in [1.54, 1.807) is 0 Å². The molecule has 0 bridgehead atoms. The lowest BCUT2D eigenvalue weighted by Gasteiger charge is -2.25. The van der Waals surface area contributed by atoms with Crippen LogP contribution in [0.25, 0.3) is 0 Å². The number of carbonyl (C=O) groups excluding carboxylic acids is 2. The maximum absolute atomic E-state index is 12.5. The highest BCUT2D eigenvalue weighted by molar-refractivity contribution is 6.22. The van der Waals surface area contributed by atoms with Crippen molar-refractivity contribution in [3.05, 3.63) is 24.3 Å². The normalized spacial score (nSPS) is 22.5. The summed E-state index contributed by atoms with van der Waals surface area (Å²) in [5.74, 6) is -1.12. The van der Waals surface area contributed by atoms with E-state index in [1.165, 1.54) is 18.6 Å². The molecular weight excluding hydrogens is 337 g/mol. The molecule has 1 aliphatic carbocycles. The lowest BCUT2D eigenvalue weighted by atomic mass is 9.95. The van der Waals surface area contributed by atoms with Gasteiger partial charge in [0.1, 0.15) is 5.75 Å². The molecule has 1 aromatic carbocycles. The molecule has 1 atom stereocenters. The summed E-state index contributed by atoms with van der Waals surface area (Å²) in [6.45, 7) is 0. The van der Waals surface area contributed by atoms with Crippen LogP contribution in [-0.4, -0.2) is 30.3 Å². The Morgan fingerprint density at radius 3 is 2.28 bits per heavy atom. The van der Waals surface area contributed by atoms with Gasteiger partial charge < -0.3 is 10.1 Å². The monoisotopic (exact) mass is 356 g/mol. The number of anilines is 1. The molecule has 0 spiro atoms. The largest absolute Gasteiger partial charge is 0.573 e. The summed E-state index contributed by atoms with van der Waals surface area (Å²) in [6.07, 6.45) is 0.664. The van der Waals surface area contributed by atoms with Crippen molar-refractivity contribution in [1.29, 1.82) is 0 Å². The Hall–Kier alpha value is -2.09. The summed E-state index contributed by atoms with van der Waals surface area (Å²) in [6, 6.07) is 4.40. The maximum Gasteiger partial charge on any atom is 0.573 e. The number of halogens is 3. The zero-order chi connectivity index (χ0) is 18.0. The van der Waals surface area contributed by atoms with E-state index in [4.69, 9.17) is 0 Å². The first kappa shape index (κ1) is 17.7. The van der Waals surface area contributed by atoms with E-state index < -0.39 is 18.2 Å². The van der Waals surface area contributed by atoms with Gasteiger partial charge in [0, 0.05) is 6.04 Å². The Kier molecular flexibility index (Phi) is 4.99. The molecule has 25 heavy (non-hydrogen) atoms. The summed E-state index contributed by atoms with van der Waals surface area (Å²) in [5.41, 5.74) is 0.248. The van der Waals surface area contributed by atoms with E-state index in [0.717, 1.165) is 42.7 Å². The van der Waals surface area contributed by atoms with Gasteiger partial charge in [0.05, 0.1) is 18.2 Å². The average molecular weight is 356 g/mol. The molecule has 0 radical (unpaired) electrons. The fraction of sp³-hybridized carbons (Fsp3) is 0.529. The van der Waals surface area contributed by atoms with Gasteiger partial charge in [-0.3, -0.25) is 9.59 Å². The van der Waals surface area contributed by atoms with Gasteiger partial charge >= 0.3 is 6.36 Å². The van der Waals surface area contributed by atoms with E-state index in [-0.39, 0.29) is 30.0 Å². The van der Waals surface area contributed by atoms with Gasteiger partial charge in [-0.05, 0) is 37.1 Å². The summed E-state index contributed by atoms with van der Waals surface area (Å²) >= 11 is 0. The highest BCUT2D eigenvalue weighted by Gasteiger charge is 2.40. The minimum atomic E-state index is -4.78. The van der Waals surface area contributed by atoms with Crippen LogP contribution in [0.3, 0.4) is 0 Å². The molecule has 1 heterocycles. The summed E-state index contributed by atoms with van der Waals surface area (Å²) in [5, 5.41) is 3.25. The molecule has 2 aliphatic rings. The molecule has 2 fully saturated rings. The third-order valence-corrected chi connectivity index (χ3v) is 4.52. The van der Waals surface area contributed by atoms with Gasteiger partial charge in [-0.25, -0.2) is 4.90 Å². The van der Waals surface area contributed by atoms with Crippen LogP contribution in [0.1, 0.15) is 38.5 Å². The Bertz CT molecular complexity index is 640. The van der Waals surface area contributed by atoms with Crippen molar-refractivity contribution < 1.29 is 27.5 Å². The second kappa shape index (κ2) is 7.03. The van der Waals surface area contributed by atoms with Crippen molar-refractivity contribution in [2.75, 3.05) is 4.90 Å². The van der Waals surface area contributed by atoms with Crippen LogP contribution in [0.2, 0.25) is 0 Å². The molecule has 1 aromatic rings. The van der Waals surface area contributed by atoms with Crippen LogP contribution in [0.5, 0.6) is 5.75 Å². The number of hydrogen-bond acceptors (Lipinski definition) is 4. The number of nitrogens with zero attached hydrogens (tertiary/aromatic N) is 1. The van der Waals surface area contributed by atoms with Gasteiger partial charge in [0.15, 0.2) is 0 Å². The molecule has 1 saturated carbocycles. The van der Waals surface area contributed by atoms with Crippen molar-refractivity contribution in [3.63, 3.8) is 0 Å². The second-order valence-corrected chi connectivity index (χ2v) is 6.37. The number of nitrogens with one attached hydrogen (secondary N) is 1. The van der Waals surface area contributed by atoms with Gasteiger partial charge in [-0.2, -0.15) is 0 Å². The molecule has 3 rings (SSSR count). The first-order valence-electron chi connectivity index (χ1n) is 8.32. The number of imide groups is 1. The third-order valence-electron chi connectivity index (χ3n) is 4.52. The van der Waals surface area contributed by atoms with Crippen LogP contribution in [0.15, 0.2) is 24.3 Å². The topological polar surface area (TPSA) is 58.6 Å². The van der Waals surface area contributed by atoms with E-state index in [1.807, 2.05) is 0 Å². The van der Waals surface area contributed by atoms with Crippen molar-refractivity contribution >= 4 is 17.5 Å². The molecule has 1 saturated heterocycles. The number of carbonyl (C=O) groups is 2. The lowest BCUT2D eigenvalue weighted by Crippen LogP contribution is -2.44. The number of alkyl halides is 3. The summed E-state index contributed by atoms with van der Waals surface area (Å²) in [4.78, 5) is 25.8. The van der Waals surface area contributed by atoms with E-state index in [0.29, 0.717) is 0 Å². The Balaban J connectivity index is 1.67. The number of hydrogen-bond donors (Lipinski definition) is 1. The molecular formula is C17H19F3N2O3. The number of benzene rings is 1. The van der Waals surface area contributed by atoms with Gasteiger partial charge in [0.25, 0.3) is 5.91 Å². The fourth-order valence-corrected chi connectivity index (χ4v) is 3.38. The average Bonchev–Trinajstić information content (AvgIpc) is 2.82. The van der Waals surface area contributed by atoms with Crippen LogP contribution >= 0.6 is 0 Å². The zero-order valence-corrected chi connectivity index (χ0v) is 13.5. The zero-order valence-electron chi connectivity index (χ0n) is 13.5. The number of ether oxygens (including phenoxy) is 1. The van der Waals surface area contributed by atoms with Crippen molar-refractivity contribution in [2.24, 2.45) is 0 Å². The van der Waals surface area contributed by atoms with Gasteiger partial charge in [-0.1, -0.05) is 19.3 Å². The van der Waals surface area contributed by atoms with E-state index in [2.05, 4.69) is 10.1 Å². The second-order valence-electron chi connectivity index (χ2n) is 6.37. The smallest absolute Gasteiger partial charge is 0.406 e. The highest BCUT2D eigenvalue weighted by atomic mass is 19.4. The first-order chi connectivity index (χ1) is 11.8. The van der Waals surface area contributed by atoms with Gasteiger partial charge in [-0.15, -0.1) is 13.2 Å². The minimum Gasteiger partial charge on any atom is -0.406 e. The molecule has 2 amide bonds. The Morgan fingerprint density at radius 1 is 1.04 bits per heavy atom. The van der Waals surface area contributed by atoms with Crippen LogP contribution < -0.4 is 15.0 Å². The fourth-order valence-electron chi connectivity index (χ4n) is 3.38. The number of amides is 2. The first-order valence-corrected chi connectivity index (χ1v) is 8.32. The predicted molar refractivity (Wildman–Crippen MR) is 84.0 cm³/mol. The highest BCUT2D eigenvalue weighted by Crippen LogP contribution is 2.28. The van der Waals surface area contributed by atoms with Crippen molar-refractivity contribution in [1.82, 2.24) is 5.32 Å². The summed E-state index contributed by atoms with van der Waals surface area (Å²) < 4.78 is 40.4. The van der Waals surface area contributed by atoms with Crippen LogP contribution in [0, 0.1) is 0 Å². The molecule has 1 aliphatic heterocycles. The van der Waals surface area contributed by atoms with Crippen LogP contribution in [0.4, 0.5) is 18.9 Å². The molecule has 8 heteroatoms. The quantitative estimate of drug-likeness (QED) is 0.842. The van der Waals surface area contributed by atoms with Crippen molar-refractivity contribution in [2.45, 2.75) is 57.0 Å². The Labute approximate surface area is 143 Å². The number of rotatable bonds is 4. The SMILES string of the molecule is O=C1C[C@@H](NC2CCCCC2)C(=O)N1c1ccc(OC(F)(F)F)cc1. The molecule has 136 valence electrons. The Morgan fingerprint density at radius 2 is 1.68 bits per heavy atom. The molecule has 5 nitrogen and oxygen atoms in total. The molecule has 0 aromatic heterocycles. The van der Waals surface area contributed by atoms with Crippen LogP contribution in [-0.2, 0) is 9.59 Å². The minimum absolute atomic E-state index is 0.0656. The summed E-state index contributed by atoms with van der Waals surface area (Å²) in [7, 11) is 0. The van der Waals surface area contributed by atoms with Gasteiger partial charge in [0.2, 0.25) is 5.91 Å². The molecule has 1 N–H and O–H groups in total. The maximum atomic E-state index is 12.5. The van der Waals surface area contributed by atoms with E-state index >= 15 is 0 Å². The van der Waals surface area contributed by atoms with E-state index in [9.17, 15) is 22.8 Å². The third kappa shape index (κ3) is 4.31.